The van der Waals surface area contributed by atoms with Crippen LogP contribution in [0.15, 0.2) is 5.11 Å². The van der Waals surface area contributed by atoms with Gasteiger partial charge in [0.1, 0.15) is 0 Å². The van der Waals surface area contributed by atoms with Gasteiger partial charge >= 0.3 is 0 Å². The second kappa shape index (κ2) is 5.47. The standard InChI is InChI=1S/C13H25N3O2/c1-12(2,3)11-7-9(15-16-14)10(18-11)8-17-13(4,5)6/h9-11H,7-8H2,1-6H3. The molecule has 0 saturated carbocycles. The number of hydrogen-bond donors (Lipinski definition) is 0. The third-order valence-electron chi connectivity index (χ3n) is 3.07. The first-order valence-corrected chi connectivity index (χ1v) is 6.47. The highest BCUT2D eigenvalue weighted by Gasteiger charge is 2.40. The molecule has 0 aromatic carbocycles. The summed E-state index contributed by atoms with van der Waals surface area (Å²) < 4.78 is 11.7. The molecule has 5 heteroatoms. The largest absolute Gasteiger partial charge is 0.373 e. The zero-order valence-electron chi connectivity index (χ0n) is 12.3. The number of nitrogens with zero attached hydrogens (tertiary/aromatic N) is 3. The lowest BCUT2D eigenvalue weighted by atomic mass is 9.87. The van der Waals surface area contributed by atoms with Crippen molar-refractivity contribution in [1.82, 2.24) is 0 Å². The lowest BCUT2D eigenvalue weighted by molar-refractivity contribution is -0.0884. The van der Waals surface area contributed by atoms with E-state index in [2.05, 4.69) is 30.8 Å². The monoisotopic (exact) mass is 255 g/mol. The second-order valence-electron chi connectivity index (χ2n) is 6.96. The maximum Gasteiger partial charge on any atom is 0.0898 e. The van der Waals surface area contributed by atoms with Gasteiger partial charge in [-0.1, -0.05) is 25.9 Å². The Hall–Kier alpha value is -0.770. The van der Waals surface area contributed by atoms with Gasteiger partial charge in [0.2, 0.25) is 0 Å². The van der Waals surface area contributed by atoms with E-state index in [1.54, 1.807) is 0 Å². The van der Waals surface area contributed by atoms with E-state index in [1.165, 1.54) is 0 Å². The molecule has 0 aromatic rings. The molecule has 1 fully saturated rings. The first kappa shape index (κ1) is 15.3. The first-order chi connectivity index (χ1) is 8.13. The van der Waals surface area contributed by atoms with Crippen LogP contribution in [0.1, 0.15) is 48.0 Å². The fourth-order valence-corrected chi connectivity index (χ4v) is 1.96. The van der Waals surface area contributed by atoms with Crippen molar-refractivity contribution in [2.45, 2.75) is 71.8 Å². The van der Waals surface area contributed by atoms with Crippen LogP contribution >= 0.6 is 0 Å². The Labute approximate surface area is 109 Å². The van der Waals surface area contributed by atoms with E-state index in [0.717, 1.165) is 6.42 Å². The fraction of sp³-hybridized carbons (Fsp3) is 1.00. The van der Waals surface area contributed by atoms with E-state index in [0.29, 0.717) is 6.61 Å². The molecule has 0 spiro atoms. The molecular formula is C13H25N3O2. The molecule has 0 aliphatic carbocycles. The van der Waals surface area contributed by atoms with Crippen LogP contribution < -0.4 is 0 Å². The van der Waals surface area contributed by atoms with E-state index in [4.69, 9.17) is 15.0 Å². The quantitative estimate of drug-likeness (QED) is 0.438. The summed E-state index contributed by atoms with van der Waals surface area (Å²) in [6.07, 6.45) is 0.747. The third-order valence-corrected chi connectivity index (χ3v) is 3.07. The second-order valence-corrected chi connectivity index (χ2v) is 6.96. The van der Waals surface area contributed by atoms with Crippen molar-refractivity contribution in [3.05, 3.63) is 10.4 Å². The topological polar surface area (TPSA) is 67.2 Å². The third kappa shape index (κ3) is 4.48. The molecule has 0 amide bonds. The van der Waals surface area contributed by atoms with Gasteiger partial charge < -0.3 is 9.47 Å². The molecule has 1 aliphatic heterocycles. The summed E-state index contributed by atoms with van der Waals surface area (Å²) in [4.78, 5) is 2.92. The van der Waals surface area contributed by atoms with E-state index < -0.39 is 0 Å². The van der Waals surface area contributed by atoms with Crippen LogP contribution in [0.25, 0.3) is 10.4 Å². The van der Waals surface area contributed by atoms with E-state index in [9.17, 15) is 0 Å². The molecule has 1 rings (SSSR count). The van der Waals surface area contributed by atoms with Crippen LogP contribution in [0.3, 0.4) is 0 Å². The summed E-state index contributed by atoms with van der Waals surface area (Å²) in [6.45, 7) is 12.9. The van der Waals surface area contributed by atoms with Gasteiger partial charge in [0.15, 0.2) is 0 Å². The molecule has 18 heavy (non-hydrogen) atoms. The Balaban J connectivity index is 2.67. The van der Waals surface area contributed by atoms with Gasteiger partial charge in [-0.3, -0.25) is 0 Å². The fourth-order valence-electron chi connectivity index (χ4n) is 1.96. The summed E-state index contributed by atoms with van der Waals surface area (Å²) in [5.74, 6) is 0. The average molecular weight is 255 g/mol. The molecule has 0 bridgehead atoms. The van der Waals surface area contributed by atoms with Gasteiger partial charge in [0.25, 0.3) is 0 Å². The Morgan fingerprint density at radius 1 is 1.28 bits per heavy atom. The van der Waals surface area contributed by atoms with Crippen LogP contribution in [0.2, 0.25) is 0 Å². The number of ether oxygens (including phenoxy) is 2. The van der Waals surface area contributed by atoms with Crippen molar-refractivity contribution >= 4 is 0 Å². The normalized spacial score (nSPS) is 29.1. The van der Waals surface area contributed by atoms with Crippen molar-refractivity contribution < 1.29 is 9.47 Å². The molecule has 0 aromatic heterocycles. The van der Waals surface area contributed by atoms with Gasteiger partial charge in [-0.05, 0) is 38.1 Å². The molecular weight excluding hydrogens is 230 g/mol. The summed E-state index contributed by atoms with van der Waals surface area (Å²) in [7, 11) is 0. The van der Waals surface area contributed by atoms with Crippen LogP contribution in [0, 0.1) is 5.41 Å². The lowest BCUT2D eigenvalue weighted by Crippen LogP contribution is -2.32. The molecule has 3 unspecified atom stereocenters. The van der Waals surface area contributed by atoms with Crippen molar-refractivity contribution in [3.8, 4) is 0 Å². The Morgan fingerprint density at radius 3 is 2.33 bits per heavy atom. The number of azide groups is 1. The molecule has 104 valence electrons. The number of hydrogen-bond acceptors (Lipinski definition) is 3. The van der Waals surface area contributed by atoms with Crippen LogP contribution in [0.4, 0.5) is 0 Å². The first-order valence-electron chi connectivity index (χ1n) is 6.47. The highest BCUT2D eigenvalue weighted by Crippen LogP contribution is 2.35. The minimum atomic E-state index is -0.204. The molecule has 1 aliphatic rings. The van der Waals surface area contributed by atoms with Crippen molar-refractivity contribution in [1.29, 1.82) is 0 Å². The molecule has 0 radical (unpaired) electrons. The van der Waals surface area contributed by atoms with E-state index in [-0.39, 0.29) is 29.3 Å². The SMILES string of the molecule is CC(C)(C)OCC1OC(C(C)(C)C)CC1N=[N+]=[N-]. The molecule has 1 saturated heterocycles. The minimum Gasteiger partial charge on any atom is -0.373 e. The molecule has 0 N–H and O–H groups in total. The Kier molecular flexibility index (Phi) is 4.65. The van der Waals surface area contributed by atoms with Gasteiger partial charge in [-0.25, -0.2) is 0 Å². The van der Waals surface area contributed by atoms with Gasteiger partial charge in [0, 0.05) is 4.91 Å². The summed E-state index contributed by atoms with van der Waals surface area (Å²) >= 11 is 0. The van der Waals surface area contributed by atoms with Crippen molar-refractivity contribution in [3.63, 3.8) is 0 Å². The summed E-state index contributed by atoms with van der Waals surface area (Å²) in [5, 5.41) is 3.85. The van der Waals surface area contributed by atoms with Gasteiger partial charge in [0.05, 0.1) is 30.5 Å². The highest BCUT2D eigenvalue weighted by atomic mass is 16.6. The molecule has 1 heterocycles. The molecule has 5 nitrogen and oxygen atoms in total. The lowest BCUT2D eigenvalue weighted by Gasteiger charge is -2.28. The molecule has 3 atom stereocenters. The van der Waals surface area contributed by atoms with E-state index >= 15 is 0 Å². The van der Waals surface area contributed by atoms with Gasteiger partial charge in [-0.15, -0.1) is 0 Å². The average Bonchev–Trinajstić information content (AvgIpc) is 2.57. The predicted molar refractivity (Wildman–Crippen MR) is 71.4 cm³/mol. The van der Waals surface area contributed by atoms with Crippen LogP contribution in [-0.4, -0.2) is 30.5 Å². The van der Waals surface area contributed by atoms with Crippen LogP contribution in [-0.2, 0) is 9.47 Å². The maximum absolute atomic E-state index is 8.62. The smallest absolute Gasteiger partial charge is 0.0898 e. The predicted octanol–water partition coefficient (Wildman–Crippen LogP) is 3.68. The van der Waals surface area contributed by atoms with Crippen LogP contribution in [0.5, 0.6) is 0 Å². The zero-order valence-corrected chi connectivity index (χ0v) is 12.3. The summed E-state index contributed by atoms with van der Waals surface area (Å²) in [6, 6.07) is -0.124. The van der Waals surface area contributed by atoms with Gasteiger partial charge in [-0.2, -0.15) is 0 Å². The summed E-state index contributed by atoms with van der Waals surface area (Å²) in [5.41, 5.74) is 8.47. The number of rotatable bonds is 3. The Bertz CT molecular complexity index is 324. The van der Waals surface area contributed by atoms with E-state index in [1.807, 2.05) is 20.8 Å². The highest BCUT2D eigenvalue weighted by molar-refractivity contribution is 4.92. The minimum absolute atomic E-state index is 0.0553. The Morgan fingerprint density at radius 2 is 1.89 bits per heavy atom. The zero-order chi connectivity index (χ0) is 14.0. The van der Waals surface area contributed by atoms with Crippen molar-refractivity contribution in [2.24, 2.45) is 10.5 Å². The maximum atomic E-state index is 8.62. The van der Waals surface area contributed by atoms with Crippen molar-refractivity contribution in [2.75, 3.05) is 6.61 Å².